The molecule has 7 nitrogen and oxygen atoms in total. The molecule has 1 atom stereocenters. The largest absolute Gasteiger partial charge is 0.477 e. The molecule has 1 unspecified atom stereocenters. The molecule has 2 amide bonds. The monoisotopic (exact) mass is 267 g/mol. The minimum atomic E-state index is -1.11. The van der Waals surface area contributed by atoms with Gasteiger partial charge in [-0.05, 0) is 26.0 Å². The fraction of sp³-hybridized carbons (Fsp3) is 0.417. The number of carbonyl (C=O) groups excluding carboxylic acids is 1. The van der Waals surface area contributed by atoms with Crippen LogP contribution in [0, 0.1) is 0 Å². The lowest BCUT2D eigenvalue weighted by molar-refractivity contribution is 0.0690. The first kappa shape index (κ1) is 14.9. The van der Waals surface area contributed by atoms with Crippen molar-refractivity contribution < 1.29 is 19.4 Å². The summed E-state index contributed by atoms with van der Waals surface area (Å²) in [6.07, 6.45) is 1.22. The zero-order chi connectivity index (χ0) is 14.3. The van der Waals surface area contributed by atoms with E-state index in [4.69, 9.17) is 9.84 Å². The lowest BCUT2D eigenvalue weighted by Crippen LogP contribution is -2.35. The number of urea groups is 1. The van der Waals surface area contributed by atoms with Crippen molar-refractivity contribution in [3.05, 3.63) is 24.0 Å². The molecule has 0 saturated carbocycles. The van der Waals surface area contributed by atoms with Gasteiger partial charge in [0.1, 0.15) is 5.69 Å². The van der Waals surface area contributed by atoms with Crippen LogP contribution in [-0.4, -0.2) is 41.3 Å². The number of amides is 2. The van der Waals surface area contributed by atoms with Crippen molar-refractivity contribution in [2.45, 2.75) is 20.0 Å². The summed E-state index contributed by atoms with van der Waals surface area (Å²) in [6.45, 7) is 4.71. The molecule has 3 N–H and O–H groups in total. The quantitative estimate of drug-likeness (QED) is 0.721. The molecular weight excluding hydrogens is 250 g/mol. The van der Waals surface area contributed by atoms with Gasteiger partial charge < -0.3 is 20.5 Å². The van der Waals surface area contributed by atoms with Crippen LogP contribution in [0.5, 0.6) is 0 Å². The van der Waals surface area contributed by atoms with Crippen LogP contribution in [0.4, 0.5) is 10.5 Å². The molecule has 7 heteroatoms. The number of carboxylic acids is 1. The first-order valence-electron chi connectivity index (χ1n) is 5.88. The number of nitrogens with one attached hydrogen (secondary N) is 2. The third kappa shape index (κ3) is 5.35. The Morgan fingerprint density at radius 1 is 1.47 bits per heavy atom. The van der Waals surface area contributed by atoms with Crippen molar-refractivity contribution in [1.29, 1.82) is 0 Å². The highest BCUT2D eigenvalue weighted by molar-refractivity contribution is 5.90. The number of hydrogen-bond donors (Lipinski definition) is 3. The number of carboxylic acid groups (broad SMARTS) is 1. The molecule has 0 spiro atoms. The molecule has 0 bridgehead atoms. The van der Waals surface area contributed by atoms with Crippen molar-refractivity contribution in [1.82, 2.24) is 10.3 Å². The van der Waals surface area contributed by atoms with Gasteiger partial charge in [-0.3, -0.25) is 0 Å². The Kier molecular flexibility index (Phi) is 5.74. The predicted octanol–water partition coefficient (Wildman–Crippen LogP) is 1.33. The van der Waals surface area contributed by atoms with Crippen LogP contribution in [0.3, 0.4) is 0 Å². The molecule has 0 aromatic carbocycles. The number of pyridine rings is 1. The highest BCUT2D eigenvalue weighted by Crippen LogP contribution is 2.05. The summed E-state index contributed by atoms with van der Waals surface area (Å²) >= 11 is 0. The summed E-state index contributed by atoms with van der Waals surface area (Å²) in [7, 11) is 0. The molecule has 19 heavy (non-hydrogen) atoms. The molecule has 0 saturated heterocycles. The van der Waals surface area contributed by atoms with E-state index in [1.54, 1.807) is 0 Å². The number of hydrogen-bond acceptors (Lipinski definition) is 4. The van der Waals surface area contributed by atoms with E-state index in [2.05, 4.69) is 15.6 Å². The van der Waals surface area contributed by atoms with Crippen molar-refractivity contribution in [2.75, 3.05) is 18.5 Å². The number of anilines is 1. The molecular formula is C12H17N3O4. The Hall–Kier alpha value is -2.15. The molecule has 104 valence electrons. The van der Waals surface area contributed by atoms with Gasteiger partial charge in [0.25, 0.3) is 0 Å². The Bertz CT molecular complexity index is 433. The first-order chi connectivity index (χ1) is 9.02. The molecule has 0 aliphatic heterocycles. The second kappa shape index (κ2) is 7.32. The minimum absolute atomic E-state index is 0.0664. The van der Waals surface area contributed by atoms with Crippen molar-refractivity contribution in [3.8, 4) is 0 Å². The van der Waals surface area contributed by atoms with Crippen molar-refractivity contribution in [2.24, 2.45) is 0 Å². The lowest BCUT2D eigenvalue weighted by atomic mass is 10.3. The summed E-state index contributed by atoms with van der Waals surface area (Å²) in [5, 5.41) is 13.9. The maximum Gasteiger partial charge on any atom is 0.354 e. The fourth-order valence-corrected chi connectivity index (χ4v) is 1.35. The van der Waals surface area contributed by atoms with E-state index >= 15 is 0 Å². The van der Waals surface area contributed by atoms with E-state index in [1.807, 2.05) is 13.8 Å². The number of aromatic nitrogens is 1. The smallest absolute Gasteiger partial charge is 0.354 e. The highest BCUT2D eigenvalue weighted by Gasteiger charge is 2.07. The first-order valence-corrected chi connectivity index (χ1v) is 5.88. The Morgan fingerprint density at radius 3 is 2.74 bits per heavy atom. The second-order valence-corrected chi connectivity index (χ2v) is 3.84. The second-order valence-electron chi connectivity index (χ2n) is 3.84. The average Bonchev–Trinajstić information content (AvgIpc) is 2.37. The summed E-state index contributed by atoms with van der Waals surface area (Å²) in [4.78, 5) is 25.8. The van der Waals surface area contributed by atoms with Crippen LogP contribution in [0.15, 0.2) is 18.3 Å². The van der Waals surface area contributed by atoms with Crippen LogP contribution in [0.25, 0.3) is 0 Å². The summed E-state index contributed by atoms with van der Waals surface area (Å²) < 4.78 is 5.26. The standard InChI is InChI=1S/C12H17N3O4/c1-3-19-8(2)6-14-12(18)15-9-4-5-10(11(16)17)13-7-9/h4-5,7-8H,3,6H2,1-2H3,(H,16,17)(H2,14,15,18). The SMILES string of the molecule is CCOC(C)CNC(=O)Nc1ccc(C(=O)O)nc1. The maximum absolute atomic E-state index is 11.5. The molecule has 0 aliphatic carbocycles. The van der Waals surface area contributed by atoms with Gasteiger partial charge in [0.05, 0.1) is 18.0 Å². The van der Waals surface area contributed by atoms with Gasteiger partial charge in [-0.25, -0.2) is 14.6 Å². The van der Waals surface area contributed by atoms with Crippen LogP contribution < -0.4 is 10.6 Å². The minimum Gasteiger partial charge on any atom is -0.477 e. The summed E-state index contributed by atoms with van der Waals surface area (Å²) in [5.74, 6) is -1.11. The van der Waals surface area contributed by atoms with Crippen LogP contribution >= 0.6 is 0 Å². The Labute approximate surface area is 111 Å². The molecule has 1 aromatic rings. The Balaban J connectivity index is 2.42. The fourth-order valence-electron chi connectivity index (χ4n) is 1.35. The van der Waals surface area contributed by atoms with Gasteiger partial charge in [0.15, 0.2) is 0 Å². The number of nitrogens with zero attached hydrogens (tertiary/aromatic N) is 1. The van der Waals surface area contributed by atoms with E-state index in [1.165, 1.54) is 18.3 Å². The van der Waals surface area contributed by atoms with Crippen LogP contribution in [-0.2, 0) is 4.74 Å². The number of carbonyl (C=O) groups is 2. The molecule has 0 radical (unpaired) electrons. The molecule has 1 aromatic heterocycles. The molecule has 1 heterocycles. The lowest BCUT2D eigenvalue weighted by Gasteiger charge is -2.13. The molecule has 0 aliphatic rings. The normalized spacial score (nSPS) is 11.7. The van der Waals surface area contributed by atoms with E-state index in [0.29, 0.717) is 18.8 Å². The number of aromatic carboxylic acids is 1. The topological polar surface area (TPSA) is 101 Å². The molecule has 1 rings (SSSR count). The van der Waals surface area contributed by atoms with Crippen LogP contribution in [0.1, 0.15) is 24.3 Å². The number of ether oxygens (including phenoxy) is 1. The van der Waals surface area contributed by atoms with Crippen LogP contribution in [0.2, 0.25) is 0 Å². The average molecular weight is 267 g/mol. The third-order valence-electron chi connectivity index (χ3n) is 2.24. The number of rotatable bonds is 6. The van der Waals surface area contributed by atoms with E-state index in [0.717, 1.165) is 0 Å². The zero-order valence-electron chi connectivity index (χ0n) is 10.8. The summed E-state index contributed by atoms with van der Waals surface area (Å²) in [6, 6.07) is 2.40. The third-order valence-corrected chi connectivity index (χ3v) is 2.24. The van der Waals surface area contributed by atoms with Crippen molar-refractivity contribution in [3.63, 3.8) is 0 Å². The van der Waals surface area contributed by atoms with Gasteiger partial charge in [-0.2, -0.15) is 0 Å². The van der Waals surface area contributed by atoms with Crippen molar-refractivity contribution >= 4 is 17.7 Å². The highest BCUT2D eigenvalue weighted by atomic mass is 16.5. The van der Waals surface area contributed by atoms with Gasteiger partial charge in [0.2, 0.25) is 0 Å². The van der Waals surface area contributed by atoms with Gasteiger partial charge >= 0.3 is 12.0 Å². The summed E-state index contributed by atoms with van der Waals surface area (Å²) in [5.41, 5.74) is 0.350. The zero-order valence-corrected chi connectivity index (χ0v) is 10.8. The maximum atomic E-state index is 11.5. The van der Waals surface area contributed by atoms with Gasteiger partial charge in [0, 0.05) is 13.2 Å². The van der Waals surface area contributed by atoms with Gasteiger partial charge in [-0.15, -0.1) is 0 Å². The van der Waals surface area contributed by atoms with Gasteiger partial charge in [-0.1, -0.05) is 0 Å². The predicted molar refractivity (Wildman–Crippen MR) is 69.3 cm³/mol. The molecule has 0 fully saturated rings. The van der Waals surface area contributed by atoms with E-state index < -0.39 is 12.0 Å². The van der Waals surface area contributed by atoms with E-state index in [-0.39, 0.29) is 11.8 Å². The Morgan fingerprint density at radius 2 is 2.21 bits per heavy atom. The van der Waals surface area contributed by atoms with E-state index in [9.17, 15) is 9.59 Å².